The number of amides is 3. The Labute approximate surface area is 250 Å². The summed E-state index contributed by atoms with van der Waals surface area (Å²) < 4.78 is 7.55. The molecule has 3 amide bonds. The Morgan fingerprint density at radius 3 is 2.86 bits per heavy atom. The maximum absolute atomic E-state index is 13.3. The number of anilines is 1. The fraction of sp³-hybridized carbons (Fsp3) is 0.391. The van der Waals surface area contributed by atoms with Gasteiger partial charge >= 0.3 is 5.97 Å². The number of thiazole rings is 1. The highest BCUT2D eigenvalue weighted by Crippen LogP contribution is 2.40. The summed E-state index contributed by atoms with van der Waals surface area (Å²) >= 11 is 3.59. The molecule has 0 aliphatic carbocycles. The third-order valence-corrected chi connectivity index (χ3v) is 9.19. The first-order valence-electron chi connectivity index (χ1n) is 12.5. The fourth-order valence-electron chi connectivity index (χ4n) is 4.73. The SMILES string of the molecule is CCO/N=C(\C(=O)N[C@@H]1C(=O)N2C(C(=O)O)=C(C[n+]3cc4sccn4c3[C@@H](NC=O)[C@H](C)O)CS[C@H]12)c1nsc(N)n1. The van der Waals surface area contributed by atoms with Crippen LogP contribution in [0.1, 0.15) is 31.5 Å². The zero-order chi connectivity index (χ0) is 30.1. The van der Waals surface area contributed by atoms with Crippen LogP contribution < -0.4 is 20.9 Å². The number of β-lactam (4-membered cyclic amide) rings is 1. The number of thioether (sulfide) groups is 1. The zero-order valence-corrected chi connectivity index (χ0v) is 24.6. The third-order valence-electron chi connectivity index (χ3n) is 6.50. The van der Waals surface area contributed by atoms with Crippen molar-refractivity contribution < 1.29 is 38.8 Å². The number of hydrogen-bond acceptors (Lipinski definition) is 13. The molecule has 0 saturated carbocycles. The lowest BCUT2D eigenvalue weighted by atomic mass is 10.0. The molecule has 222 valence electrons. The minimum Gasteiger partial charge on any atom is -0.477 e. The second-order valence-corrected chi connectivity index (χ2v) is 12.0. The number of nitrogen functional groups attached to an aromatic ring is 1. The summed E-state index contributed by atoms with van der Waals surface area (Å²) in [4.78, 5) is 61.0. The second-order valence-electron chi connectivity index (χ2n) is 9.16. The van der Waals surface area contributed by atoms with Crippen molar-refractivity contribution >= 4 is 74.5 Å². The molecule has 16 nitrogen and oxygen atoms in total. The number of oxime groups is 1. The van der Waals surface area contributed by atoms with E-state index in [9.17, 15) is 29.4 Å². The maximum atomic E-state index is 13.3. The molecule has 0 unspecified atom stereocenters. The molecule has 1 saturated heterocycles. The van der Waals surface area contributed by atoms with Gasteiger partial charge in [0, 0.05) is 28.2 Å². The third kappa shape index (κ3) is 5.30. The van der Waals surface area contributed by atoms with Crippen molar-refractivity contribution in [3.05, 3.63) is 40.7 Å². The predicted molar refractivity (Wildman–Crippen MR) is 151 cm³/mol. The number of carboxylic acid groups (broad SMARTS) is 1. The normalized spacial score (nSPS) is 20.1. The Kier molecular flexibility index (Phi) is 8.43. The highest BCUT2D eigenvalue weighted by atomic mass is 32.2. The monoisotopic (exact) mass is 636 g/mol. The molecule has 3 aromatic rings. The Hall–Kier alpha value is -4.07. The van der Waals surface area contributed by atoms with E-state index in [-0.39, 0.29) is 41.3 Å². The van der Waals surface area contributed by atoms with Gasteiger partial charge in [-0.25, -0.2) is 9.36 Å². The van der Waals surface area contributed by atoms with Gasteiger partial charge in [0.1, 0.15) is 42.7 Å². The van der Waals surface area contributed by atoms with Crippen LogP contribution >= 0.6 is 34.6 Å². The van der Waals surface area contributed by atoms with Crippen LogP contribution in [0.5, 0.6) is 0 Å². The van der Waals surface area contributed by atoms with Crippen molar-refractivity contribution in [3.63, 3.8) is 0 Å². The summed E-state index contributed by atoms with van der Waals surface area (Å²) in [6.45, 7) is 3.46. The van der Waals surface area contributed by atoms with Crippen LogP contribution in [-0.4, -0.2) is 88.7 Å². The van der Waals surface area contributed by atoms with Gasteiger partial charge in [-0.1, -0.05) is 16.5 Å². The van der Waals surface area contributed by atoms with E-state index in [0.29, 0.717) is 17.8 Å². The van der Waals surface area contributed by atoms with Crippen LogP contribution in [0.15, 0.2) is 34.2 Å². The summed E-state index contributed by atoms with van der Waals surface area (Å²) in [5.41, 5.74) is 5.63. The first kappa shape index (κ1) is 29.4. The number of carbonyl (C=O) groups excluding carboxylic acids is 3. The Balaban J connectivity index is 1.41. The lowest BCUT2D eigenvalue weighted by Gasteiger charge is -2.49. The minimum atomic E-state index is -1.30. The zero-order valence-electron chi connectivity index (χ0n) is 22.2. The molecule has 6 N–H and O–H groups in total. The molecule has 2 aliphatic heterocycles. The van der Waals surface area contributed by atoms with Gasteiger partial charge in [-0.2, -0.15) is 13.8 Å². The molecule has 1 fully saturated rings. The van der Waals surface area contributed by atoms with Gasteiger partial charge in [-0.05, 0) is 13.8 Å². The number of hydrogen-bond donors (Lipinski definition) is 5. The number of nitrogens with two attached hydrogens (primary N) is 1. The van der Waals surface area contributed by atoms with E-state index in [4.69, 9.17) is 10.6 Å². The van der Waals surface area contributed by atoms with Crippen molar-refractivity contribution in [3.8, 4) is 0 Å². The van der Waals surface area contributed by atoms with Gasteiger partial charge in [0.25, 0.3) is 17.6 Å². The number of rotatable bonds is 12. The number of aliphatic hydroxyl groups excluding tert-OH is 1. The summed E-state index contributed by atoms with van der Waals surface area (Å²) in [6, 6.07) is -1.81. The summed E-state index contributed by atoms with van der Waals surface area (Å²) in [6.07, 6.45) is 3.13. The van der Waals surface area contributed by atoms with Crippen LogP contribution in [0.2, 0.25) is 0 Å². The van der Waals surface area contributed by atoms with Gasteiger partial charge in [0.15, 0.2) is 11.2 Å². The van der Waals surface area contributed by atoms with E-state index in [2.05, 4.69) is 25.1 Å². The summed E-state index contributed by atoms with van der Waals surface area (Å²) in [7, 11) is 0. The van der Waals surface area contributed by atoms with E-state index in [1.165, 1.54) is 30.0 Å². The van der Waals surface area contributed by atoms with Crippen LogP contribution in [-0.2, 0) is 30.6 Å². The molecule has 4 atom stereocenters. The average Bonchev–Trinajstić information content (AvgIpc) is 3.67. The van der Waals surface area contributed by atoms with Crippen molar-refractivity contribution in [1.29, 1.82) is 0 Å². The van der Waals surface area contributed by atoms with Crippen LogP contribution in [0.4, 0.5) is 5.13 Å². The number of fused-ring (bicyclic) bond motifs is 2. The number of imidazole rings is 1. The van der Waals surface area contributed by atoms with Gasteiger partial charge in [-0.15, -0.1) is 11.8 Å². The number of aromatic nitrogens is 4. The summed E-state index contributed by atoms with van der Waals surface area (Å²) in [5, 5.41) is 30.8. The second kappa shape index (κ2) is 12.0. The Morgan fingerprint density at radius 2 is 2.21 bits per heavy atom. The number of aliphatic carboxylic acids is 1. The van der Waals surface area contributed by atoms with Gasteiger partial charge in [0.05, 0.1) is 6.10 Å². The highest BCUT2D eigenvalue weighted by Gasteiger charge is 2.55. The number of nitrogens with one attached hydrogen (secondary N) is 2. The van der Waals surface area contributed by atoms with Crippen LogP contribution in [0, 0.1) is 0 Å². The predicted octanol–water partition coefficient (Wildman–Crippen LogP) is -0.931. The summed E-state index contributed by atoms with van der Waals surface area (Å²) in [5.74, 6) is -1.96. The molecule has 5 heterocycles. The molecule has 0 aromatic carbocycles. The van der Waals surface area contributed by atoms with Crippen LogP contribution in [0.25, 0.3) is 4.83 Å². The molecule has 0 spiro atoms. The number of aliphatic hydroxyl groups is 1. The average molecular weight is 637 g/mol. The maximum Gasteiger partial charge on any atom is 0.352 e. The molecule has 0 radical (unpaired) electrons. The first-order valence-corrected chi connectivity index (χ1v) is 15.2. The molecule has 19 heteroatoms. The van der Waals surface area contributed by atoms with Crippen LogP contribution in [0.3, 0.4) is 0 Å². The van der Waals surface area contributed by atoms with E-state index in [1.807, 2.05) is 9.78 Å². The first-order chi connectivity index (χ1) is 20.2. The standard InChI is InChI=1S/C23H25N9O7S3/c1-3-39-28-14(17-27-23(24)42-29-17)18(35)26-15-20(36)32-16(22(37)38)11(8-41-21(15)32)6-30-7-12-31(4-5-40-12)19(30)13(10(2)34)25-9-33/h4-5,7,9-10,13,15,21,34H,3,6,8H2,1-2H3,(H4-,24,25,26,27,29,33,35,37,38)/p+1/b28-14-/t10-,13-,15+,21+/m0/s1. The highest BCUT2D eigenvalue weighted by molar-refractivity contribution is 8.00. The lowest BCUT2D eigenvalue weighted by molar-refractivity contribution is -0.697. The van der Waals surface area contributed by atoms with E-state index in [0.717, 1.165) is 21.3 Å². The Morgan fingerprint density at radius 1 is 1.43 bits per heavy atom. The topological polar surface area (TPSA) is 218 Å². The van der Waals surface area contributed by atoms with E-state index in [1.54, 1.807) is 23.9 Å². The molecular formula is C23H26N9O7S3+. The largest absolute Gasteiger partial charge is 0.477 e. The van der Waals surface area contributed by atoms with E-state index < -0.39 is 41.3 Å². The smallest absolute Gasteiger partial charge is 0.352 e. The van der Waals surface area contributed by atoms with Crippen molar-refractivity contribution in [1.82, 2.24) is 29.3 Å². The molecule has 5 rings (SSSR count). The quantitative estimate of drug-likeness (QED) is 0.0538. The number of nitrogens with zero attached hydrogens (tertiary/aromatic N) is 6. The van der Waals surface area contributed by atoms with Gasteiger partial charge < -0.3 is 31.4 Å². The van der Waals surface area contributed by atoms with E-state index >= 15 is 0 Å². The Bertz CT molecular complexity index is 1610. The lowest BCUT2D eigenvalue weighted by Crippen LogP contribution is -2.71. The van der Waals surface area contributed by atoms with Crippen molar-refractivity contribution in [2.24, 2.45) is 5.16 Å². The van der Waals surface area contributed by atoms with Gasteiger partial charge in [0.2, 0.25) is 22.8 Å². The molecule has 2 aliphatic rings. The minimum absolute atomic E-state index is 0.0587. The van der Waals surface area contributed by atoms with Gasteiger partial charge in [-0.3, -0.25) is 19.3 Å². The molecular weight excluding hydrogens is 611 g/mol. The van der Waals surface area contributed by atoms with Crippen molar-refractivity contribution in [2.45, 2.75) is 44.0 Å². The number of carboxylic acids is 1. The fourth-order valence-corrected chi connectivity index (χ4v) is 7.28. The molecule has 42 heavy (non-hydrogen) atoms. The van der Waals surface area contributed by atoms with Crippen molar-refractivity contribution in [2.75, 3.05) is 18.1 Å². The molecule has 0 bridgehead atoms. The number of carbonyl (C=O) groups is 4. The molecule has 3 aromatic heterocycles.